The number of rotatable bonds is 1. The number of hydrogen-bond donors (Lipinski definition) is 1. The predicted octanol–water partition coefficient (Wildman–Crippen LogP) is 0.164. The van der Waals surface area contributed by atoms with Gasteiger partial charge < -0.3 is 14.8 Å². The smallest absolute Gasteiger partial charge is 0.317 e. The Hall–Kier alpha value is -1.83. The van der Waals surface area contributed by atoms with Crippen LogP contribution in [0.25, 0.3) is 0 Å². The van der Waals surface area contributed by atoms with E-state index in [2.05, 4.69) is 5.32 Å². The molecule has 0 aliphatic carbocycles. The van der Waals surface area contributed by atoms with Crippen LogP contribution in [0.5, 0.6) is 0 Å². The van der Waals surface area contributed by atoms with Crippen LogP contribution in [0.3, 0.4) is 0 Å². The van der Waals surface area contributed by atoms with Gasteiger partial charge in [-0.2, -0.15) is 0 Å². The van der Waals surface area contributed by atoms with Crippen LogP contribution in [0.2, 0.25) is 0 Å². The van der Waals surface area contributed by atoms with Gasteiger partial charge in [-0.25, -0.2) is 13.2 Å². The molecular weight excluding hydrogens is 330 g/mol. The summed E-state index contributed by atoms with van der Waals surface area (Å²) < 4.78 is 24.9. The third kappa shape index (κ3) is 2.83. The van der Waals surface area contributed by atoms with Gasteiger partial charge in [0.25, 0.3) is 5.56 Å². The molecule has 3 atom stereocenters. The Morgan fingerprint density at radius 2 is 2.04 bits per heavy atom. The molecule has 0 radical (unpaired) electrons. The van der Waals surface area contributed by atoms with E-state index in [9.17, 15) is 18.0 Å². The maximum Gasteiger partial charge on any atom is 0.317 e. The molecule has 0 aromatic carbocycles. The van der Waals surface area contributed by atoms with E-state index in [1.165, 1.54) is 0 Å². The number of piperidine rings is 1. The molecule has 2 bridgehead atoms. The van der Waals surface area contributed by atoms with Gasteiger partial charge in [-0.1, -0.05) is 6.07 Å². The van der Waals surface area contributed by atoms with Crippen molar-refractivity contribution in [2.45, 2.75) is 31.3 Å². The second-order valence-electron chi connectivity index (χ2n) is 7.15. The fourth-order valence-corrected chi connectivity index (χ4v) is 5.91. The number of carbonyl (C=O) groups is 1. The fourth-order valence-electron chi connectivity index (χ4n) is 4.24. The zero-order chi connectivity index (χ0) is 16.9. The molecule has 2 saturated heterocycles. The van der Waals surface area contributed by atoms with Crippen molar-refractivity contribution < 1.29 is 13.2 Å². The van der Waals surface area contributed by atoms with Gasteiger partial charge in [0, 0.05) is 43.4 Å². The highest BCUT2D eigenvalue weighted by Crippen LogP contribution is 2.34. The Kier molecular flexibility index (Phi) is 3.67. The van der Waals surface area contributed by atoms with Gasteiger partial charge in [0.15, 0.2) is 9.84 Å². The molecular formula is C16H21N3O4S. The number of fused-ring (bicyclic) bond motifs is 4. The molecule has 130 valence electrons. The zero-order valence-electron chi connectivity index (χ0n) is 13.3. The number of aromatic nitrogens is 1. The van der Waals surface area contributed by atoms with Crippen LogP contribution in [0, 0.1) is 5.92 Å². The van der Waals surface area contributed by atoms with Crippen molar-refractivity contribution in [1.29, 1.82) is 0 Å². The Bertz CT molecular complexity index is 832. The molecule has 7 nitrogen and oxygen atoms in total. The molecule has 3 aliphatic heterocycles. The first kappa shape index (κ1) is 15.7. The SMILES string of the molecule is O=C(N[C@@H]1CCS(=O)(=O)C1)N1C[C@@H]2C[C@@H](C1)c1cccc(=O)n1C2. The summed E-state index contributed by atoms with van der Waals surface area (Å²) in [6.07, 6.45) is 1.48. The summed E-state index contributed by atoms with van der Waals surface area (Å²) in [4.78, 5) is 26.3. The quantitative estimate of drug-likeness (QED) is 0.781. The van der Waals surface area contributed by atoms with Gasteiger partial charge in [0.1, 0.15) is 0 Å². The summed E-state index contributed by atoms with van der Waals surface area (Å²) in [5.74, 6) is 0.635. The number of carbonyl (C=O) groups excluding carboxylic acids is 1. The second-order valence-corrected chi connectivity index (χ2v) is 9.38. The molecule has 0 spiro atoms. The lowest BCUT2D eigenvalue weighted by molar-refractivity contribution is 0.129. The van der Waals surface area contributed by atoms with Crippen LogP contribution in [0.15, 0.2) is 23.0 Å². The first-order chi connectivity index (χ1) is 11.4. The van der Waals surface area contributed by atoms with Gasteiger partial charge in [-0.05, 0) is 24.8 Å². The maximum atomic E-state index is 12.5. The highest BCUT2D eigenvalue weighted by molar-refractivity contribution is 7.91. The lowest BCUT2D eigenvalue weighted by Gasteiger charge is -2.42. The number of likely N-dealkylation sites (tertiary alicyclic amines) is 1. The number of pyridine rings is 1. The van der Waals surface area contributed by atoms with Crippen molar-refractivity contribution in [2.24, 2.45) is 5.92 Å². The maximum absolute atomic E-state index is 12.5. The van der Waals surface area contributed by atoms with Crippen molar-refractivity contribution in [3.05, 3.63) is 34.2 Å². The third-order valence-electron chi connectivity index (χ3n) is 5.33. The Morgan fingerprint density at radius 3 is 2.79 bits per heavy atom. The minimum atomic E-state index is -3.00. The molecule has 4 heterocycles. The monoisotopic (exact) mass is 351 g/mol. The van der Waals surface area contributed by atoms with Crippen LogP contribution in [-0.2, 0) is 16.4 Å². The number of urea groups is 1. The van der Waals surface area contributed by atoms with Gasteiger partial charge in [-0.3, -0.25) is 4.79 Å². The lowest BCUT2D eigenvalue weighted by Crippen LogP contribution is -2.53. The summed E-state index contributed by atoms with van der Waals surface area (Å²) >= 11 is 0. The van der Waals surface area contributed by atoms with Gasteiger partial charge in [0.05, 0.1) is 11.5 Å². The van der Waals surface area contributed by atoms with E-state index in [0.717, 1.165) is 12.1 Å². The number of nitrogens with zero attached hydrogens (tertiary/aromatic N) is 2. The second kappa shape index (κ2) is 5.61. The molecule has 2 amide bonds. The summed E-state index contributed by atoms with van der Waals surface area (Å²) in [6.45, 7) is 1.83. The molecule has 1 N–H and O–H groups in total. The van der Waals surface area contributed by atoms with E-state index in [-0.39, 0.29) is 41.0 Å². The largest absolute Gasteiger partial charge is 0.334 e. The lowest BCUT2D eigenvalue weighted by atomic mass is 9.83. The summed E-state index contributed by atoms with van der Waals surface area (Å²) in [5.41, 5.74) is 1.02. The minimum absolute atomic E-state index is 0.0243. The van der Waals surface area contributed by atoms with Crippen LogP contribution in [-0.4, -0.2) is 54.6 Å². The Balaban J connectivity index is 1.48. The highest BCUT2D eigenvalue weighted by atomic mass is 32.2. The van der Waals surface area contributed by atoms with Gasteiger partial charge in [0.2, 0.25) is 0 Å². The number of hydrogen-bond acceptors (Lipinski definition) is 4. The predicted molar refractivity (Wildman–Crippen MR) is 88.7 cm³/mol. The molecule has 2 fully saturated rings. The normalized spacial score (nSPS) is 30.7. The Labute approximate surface area is 140 Å². The van der Waals surface area contributed by atoms with Crippen molar-refractivity contribution >= 4 is 15.9 Å². The summed E-state index contributed by atoms with van der Waals surface area (Å²) in [5, 5.41) is 2.87. The third-order valence-corrected chi connectivity index (χ3v) is 7.09. The van der Waals surface area contributed by atoms with Gasteiger partial charge >= 0.3 is 6.03 Å². The molecule has 0 unspecified atom stereocenters. The number of nitrogens with one attached hydrogen (secondary N) is 1. The van der Waals surface area contributed by atoms with E-state index in [0.29, 0.717) is 26.1 Å². The van der Waals surface area contributed by atoms with Crippen molar-refractivity contribution in [2.75, 3.05) is 24.6 Å². The van der Waals surface area contributed by atoms with Crippen LogP contribution in [0.4, 0.5) is 4.79 Å². The fraction of sp³-hybridized carbons (Fsp3) is 0.625. The zero-order valence-corrected chi connectivity index (χ0v) is 14.2. The van der Waals surface area contributed by atoms with E-state index in [1.807, 2.05) is 10.6 Å². The Morgan fingerprint density at radius 1 is 1.21 bits per heavy atom. The first-order valence-corrected chi connectivity index (χ1v) is 10.2. The van der Waals surface area contributed by atoms with Crippen molar-refractivity contribution in [1.82, 2.24) is 14.8 Å². The average molecular weight is 351 g/mol. The van der Waals surface area contributed by atoms with E-state index >= 15 is 0 Å². The number of sulfone groups is 1. The van der Waals surface area contributed by atoms with Crippen molar-refractivity contribution in [3.63, 3.8) is 0 Å². The van der Waals surface area contributed by atoms with Crippen LogP contribution in [0.1, 0.15) is 24.5 Å². The highest BCUT2D eigenvalue weighted by Gasteiger charge is 2.37. The molecule has 8 heteroatoms. The summed E-state index contributed by atoms with van der Waals surface area (Å²) in [7, 11) is -3.00. The minimum Gasteiger partial charge on any atom is -0.334 e. The molecule has 1 aromatic heterocycles. The average Bonchev–Trinajstić information content (AvgIpc) is 2.87. The topological polar surface area (TPSA) is 88.5 Å². The number of amides is 2. The van der Waals surface area contributed by atoms with Crippen LogP contribution < -0.4 is 10.9 Å². The van der Waals surface area contributed by atoms with Crippen molar-refractivity contribution in [3.8, 4) is 0 Å². The summed E-state index contributed by atoms with van der Waals surface area (Å²) in [6, 6.07) is 4.86. The standard InChI is InChI=1S/C16H21N3O4S/c20-15-3-1-2-14-12-6-11(8-19(14)15)7-18(9-12)16(21)17-13-4-5-24(22,23)10-13/h1-3,11-13H,4-10H2,(H,17,21)/t11-,12-,13+/m0/s1. The molecule has 1 aromatic rings. The molecule has 0 saturated carbocycles. The first-order valence-electron chi connectivity index (χ1n) is 8.37. The van der Waals surface area contributed by atoms with E-state index in [1.54, 1.807) is 17.0 Å². The van der Waals surface area contributed by atoms with Gasteiger partial charge in [-0.15, -0.1) is 0 Å². The molecule has 4 rings (SSSR count). The molecule has 3 aliphatic rings. The molecule has 24 heavy (non-hydrogen) atoms. The van der Waals surface area contributed by atoms with E-state index in [4.69, 9.17) is 0 Å². The van der Waals surface area contributed by atoms with Crippen LogP contribution >= 0.6 is 0 Å². The van der Waals surface area contributed by atoms with E-state index < -0.39 is 9.84 Å².